The second kappa shape index (κ2) is 4.55. The third kappa shape index (κ3) is 3.96. The molecule has 1 N–H and O–H groups in total. The van der Waals surface area contributed by atoms with Gasteiger partial charge >= 0.3 is 0 Å². The maximum atomic E-state index is 3.70. The van der Waals surface area contributed by atoms with E-state index in [-0.39, 0.29) is 0 Å². The van der Waals surface area contributed by atoms with Gasteiger partial charge in [0.2, 0.25) is 0 Å². The molecule has 3 rings (SSSR count). The van der Waals surface area contributed by atoms with Gasteiger partial charge in [0, 0.05) is 31.7 Å². The topological polar surface area (TPSA) is 15.3 Å². The zero-order chi connectivity index (χ0) is 11.9. The van der Waals surface area contributed by atoms with Gasteiger partial charge in [-0.3, -0.25) is 4.90 Å². The minimum Gasteiger partial charge on any atom is -0.313 e. The Morgan fingerprint density at radius 2 is 1.76 bits per heavy atom. The Balaban J connectivity index is 1.46. The van der Waals surface area contributed by atoms with E-state index >= 15 is 0 Å². The van der Waals surface area contributed by atoms with E-state index in [0.29, 0.717) is 5.41 Å². The van der Waals surface area contributed by atoms with Gasteiger partial charge < -0.3 is 5.32 Å². The second-order valence-electron chi connectivity index (χ2n) is 7.42. The van der Waals surface area contributed by atoms with Crippen LogP contribution in [-0.2, 0) is 0 Å². The summed E-state index contributed by atoms with van der Waals surface area (Å²) in [5, 5.41) is 3.70. The molecule has 0 spiro atoms. The Labute approximate surface area is 106 Å². The first kappa shape index (κ1) is 12.0. The summed E-state index contributed by atoms with van der Waals surface area (Å²) in [6, 6.07) is 1.79. The zero-order valence-corrected chi connectivity index (χ0v) is 11.5. The largest absolute Gasteiger partial charge is 0.313 e. The predicted molar refractivity (Wildman–Crippen MR) is 72.1 cm³/mol. The van der Waals surface area contributed by atoms with Crippen molar-refractivity contribution in [2.24, 2.45) is 11.3 Å². The van der Waals surface area contributed by atoms with Gasteiger partial charge in [0.05, 0.1) is 0 Å². The van der Waals surface area contributed by atoms with E-state index in [0.717, 1.165) is 18.0 Å². The van der Waals surface area contributed by atoms with E-state index in [1.807, 2.05) is 0 Å². The SMILES string of the molecule is CC(C)(CNC1CC1)CN(CC1CC1)C1CC1. The molecule has 0 unspecified atom stereocenters. The molecule has 0 aromatic heterocycles. The molecule has 17 heavy (non-hydrogen) atoms. The Kier molecular flexibility index (Phi) is 3.20. The Hall–Kier alpha value is -0.0800. The highest BCUT2D eigenvalue weighted by atomic mass is 15.2. The number of rotatable bonds is 8. The van der Waals surface area contributed by atoms with Crippen LogP contribution in [0.2, 0.25) is 0 Å². The van der Waals surface area contributed by atoms with Crippen LogP contribution in [0, 0.1) is 11.3 Å². The van der Waals surface area contributed by atoms with Crippen LogP contribution in [0.1, 0.15) is 52.4 Å². The van der Waals surface area contributed by atoms with Crippen molar-refractivity contribution in [3.8, 4) is 0 Å². The van der Waals surface area contributed by atoms with Crippen molar-refractivity contribution in [3.05, 3.63) is 0 Å². The lowest BCUT2D eigenvalue weighted by atomic mass is 9.92. The zero-order valence-electron chi connectivity index (χ0n) is 11.5. The molecule has 0 heterocycles. The summed E-state index contributed by atoms with van der Waals surface area (Å²) < 4.78 is 0. The van der Waals surface area contributed by atoms with Crippen LogP contribution in [0.4, 0.5) is 0 Å². The number of nitrogens with zero attached hydrogens (tertiary/aromatic N) is 1. The Bertz CT molecular complexity index is 262. The lowest BCUT2D eigenvalue weighted by Crippen LogP contribution is -2.42. The molecule has 0 aromatic rings. The van der Waals surface area contributed by atoms with Crippen LogP contribution >= 0.6 is 0 Å². The molecule has 0 aromatic carbocycles. The summed E-state index contributed by atoms with van der Waals surface area (Å²) in [6.45, 7) is 8.76. The molecule has 0 bridgehead atoms. The third-order valence-electron chi connectivity index (χ3n) is 4.33. The molecule has 0 amide bonds. The molecule has 2 heteroatoms. The highest BCUT2D eigenvalue weighted by Crippen LogP contribution is 2.36. The van der Waals surface area contributed by atoms with Crippen LogP contribution in [0.3, 0.4) is 0 Å². The quantitative estimate of drug-likeness (QED) is 0.697. The van der Waals surface area contributed by atoms with Crippen LogP contribution in [-0.4, -0.2) is 36.6 Å². The molecule has 0 aliphatic heterocycles. The molecule has 98 valence electrons. The predicted octanol–water partition coefficient (Wildman–Crippen LogP) is 2.64. The Morgan fingerprint density at radius 3 is 2.29 bits per heavy atom. The van der Waals surface area contributed by atoms with E-state index in [9.17, 15) is 0 Å². The van der Waals surface area contributed by atoms with Crippen LogP contribution in [0.15, 0.2) is 0 Å². The van der Waals surface area contributed by atoms with Crippen molar-refractivity contribution in [1.29, 1.82) is 0 Å². The smallest absolute Gasteiger partial charge is 0.00967 e. The van der Waals surface area contributed by atoms with Gasteiger partial charge in [-0.15, -0.1) is 0 Å². The molecule has 3 fully saturated rings. The highest BCUT2D eigenvalue weighted by molar-refractivity contribution is 4.92. The highest BCUT2D eigenvalue weighted by Gasteiger charge is 2.36. The van der Waals surface area contributed by atoms with Crippen LogP contribution in [0.5, 0.6) is 0 Å². The van der Waals surface area contributed by atoms with Gasteiger partial charge in [0.15, 0.2) is 0 Å². The standard InChI is InChI=1S/C15H28N2/c1-15(2,10-16-13-5-6-13)11-17(14-7-8-14)9-12-3-4-12/h12-14,16H,3-11H2,1-2H3. The summed E-state index contributed by atoms with van der Waals surface area (Å²) in [6.07, 6.45) is 8.71. The second-order valence-corrected chi connectivity index (χ2v) is 7.42. The maximum absolute atomic E-state index is 3.70. The van der Waals surface area contributed by atoms with Crippen molar-refractivity contribution in [3.63, 3.8) is 0 Å². The minimum atomic E-state index is 0.445. The van der Waals surface area contributed by atoms with Crippen molar-refractivity contribution in [2.75, 3.05) is 19.6 Å². The Morgan fingerprint density at radius 1 is 1.06 bits per heavy atom. The average molecular weight is 236 g/mol. The molecule has 3 aliphatic rings. The summed E-state index contributed by atoms with van der Waals surface area (Å²) >= 11 is 0. The fourth-order valence-electron chi connectivity index (χ4n) is 2.73. The van der Waals surface area contributed by atoms with E-state index in [2.05, 4.69) is 24.1 Å². The first-order valence-electron chi connectivity index (χ1n) is 7.60. The van der Waals surface area contributed by atoms with E-state index in [1.165, 1.54) is 58.2 Å². The summed E-state index contributed by atoms with van der Waals surface area (Å²) in [5.74, 6) is 1.04. The molecule has 0 atom stereocenters. The van der Waals surface area contributed by atoms with Crippen molar-refractivity contribution >= 4 is 0 Å². The molecule has 0 saturated heterocycles. The molecular weight excluding hydrogens is 208 g/mol. The van der Waals surface area contributed by atoms with Gasteiger partial charge in [0.25, 0.3) is 0 Å². The van der Waals surface area contributed by atoms with Crippen LogP contribution in [0.25, 0.3) is 0 Å². The molecule has 2 nitrogen and oxygen atoms in total. The van der Waals surface area contributed by atoms with Crippen molar-refractivity contribution in [1.82, 2.24) is 10.2 Å². The van der Waals surface area contributed by atoms with Crippen molar-refractivity contribution in [2.45, 2.75) is 64.5 Å². The van der Waals surface area contributed by atoms with Gasteiger partial charge in [-0.2, -0.15) is 0 Å². The minimum absolute atomic E-state index is 0.445. The molecule has 3 saturated carbocycles. The summed E-state index contributed by atoms with van der Waals surface area (Å²) in [4.78, 5) is 2.80. The summed E-state index contributed by atoms with van der Waals surface area (Å²) in [5.41, 5.74) is 0.445. The lowest BCUT2D eigenvalue weighted by Gasteiger charge is -2.33. The summed E-state index contributed by atoms with van der Waals surface area (Å²) in [7, 11) is 0. The normalized spacial score (nSPS) is 25.6. The average Bonchev–Trinajstić information content (AvgIpc) is 3.13. The number of nitrogens with one attached hydrogen (secondary N) is 1. The first-order valence-corrected chi connectivity index (χ1v) is 7.60. The van der Waals surface area contributed by atoms with Gasteiger partial charge in [-0.25, -0.2) is 0 Å². The molecule has 3 aliphatic carbocycles. The first-order chi connectivity index (χ1) is 8.12. The lowest BCUT2D eigenvalue weighted by molar-refractivity contribution is 0.160. The van der Waals surface area contributed by atoms with Crippen LogP contribution < -0.4 is 5.32 Å². The molecule has 0 radical (unpaired) electrons. The molecular formula is C15H28N2. The number of hydrogen-bond donors (Lipinski definition) is 1. The van der Waals surface area contributed by atoms with E-state index in [1.54, 1.807) is 0 Å². The van der Waals surface area contributed by atoms with E-state index in [4.69, 9.17) is 0 Å². The number of hydrogen-bond acceptors (Lipinski definition) is 2. The van der Waals surface area contributed by atoms with Gasteiger partial charge in [-0.05, 0) is 49.9 Å². The fraction of sp³-hybridized carbons (Fsp3) is 1.00. The van der Waals surface area contributed by atoms with Gasteiger partial charge in [0.1, 0.15) is 0 Å². The third-order valence-corrected chi connectivity index (χ3v) is 4.33. The van der Waals surface area contributed by atoms with Crippen molar-refractivity contribution < 1.29 is 0 Å². The monoisotopic (exact) mass is 236 g/mol. The maximum Gasteiger partial charge on any atom is 0.00967 e. The fourth-order valence-corrected chi connectivity index (χ4v) is 2.73. The van der Waals surface area contributed by atoms with E-state index < -0.39 is 0 Å². The van der Waals surface area contributed by atoms with Gasteiger partial charge in [-0.1, -0.05) is 13.8 Å².